The van der Waals surface area contributed by atoms with Crippen LogP contribution in [0.4, 0.5) is 11.6 Å². The monoisotopic (exact) mass is 301 g/mol. The predicted molar refractivity (Wildman–Crippen MR) is 88.1 cm³/mol. The Morgan fingerprint density at radius 2 is 2.19 bits per heavy atom. The van der Waals surface area contributed by atoms with E-state index in [1.165, 1.54) is 4.88 Å². The van der Waals surface area contributed by atoms with Crippen LogP contribution >= 0.6 is 11.3 Å². The molecule has 0 radical (unpaired) electrons. The van der Waals surface area contributed by atoms with E-state index in [0.29, 0.717) is 5.92 Å². The van der Waals surface area contributed by atoms with Crippen molar-refractivity contribution < 1.29 is 0 Å². The highest BCUT2D eigenvalue weighted by molar-refractivity contribution is 7.10. The molecule has 0 aliphatic carbocycles. The van der Waals surface area contributed by atoms with E-state index in [1.54, 1.807) is 17.5 Å². The average Bonchev–Trinajstić information content (AvgIpc) is 3.14. The summed E-state index contributed by atoms with van der Waals surface area (Å²) < 4.78 is 1.98. The number of imidazole rings is 1. The highest BCUT2D eigenvalue weighted by Crippen LogP contribution is 2.30. The highest BCUT2D eigenvalue weighted by Gasteiger charge is 2.19. The van der Waals surface area contributed by atoms with Crippen molar-refractivity contribution in [3.05, 3.63) is 41.0 Å². The van der Waals surface area contributed by atoms with Gasteiger partial charge in [-0.25, -0.2) is 9.97 Å². The highest BCUT2D eigenvalue weighted by atomic mass is 32.1. The summed E-state index contributed by atoms with van der Waals surface area (Å²) in [5.74, 6) is 2.08. The number of nitrogens with one attached hydrogen (secondary N) is 2. The average molecular weight is 301 g/mol. The summed E-state index contributed by atoms with van der Waals surface area (Å²) in [7, 11) is 1.87. The topological polar surface area (TPSA) is 54.2 Å². The SMILES string of the molecule is CNc1cn2ccnc2c(NC(c2cccs2)C(C)C)n1. The number of aromatic nitrogens is 3. The fraction of sp³-hybridized carbons (Fsp3) is 0.333. The standard InChI is InChI=1S/C15H19N5S/c1-10(2)13(11-5-4-8-21-11)19-14-15-17-6-7-20(15)9-12(16-3)18-14/h4-10,13,16H,1-3H3,(H,18,19). The zero-order valence-corrected chi connectivity index (χ0v) is 13.2. The van der Waals surface area contributed by atoms with E-state index in [0.717, 1.165) is 17.3 Å². The summed E-state index contributed by atoms with van der Waals surface area (Å²) in [6.45, 7) is 4.42. The molecule has 0 saturated carbocycles. The van der Waals surface area contributed by atoms with Gasteiger partial charge >= 0.3 is 0 Å². The molecule has 0 aliphatic heterocycles. The molecule has 1 atom stereocenters. The number of fused-ring (bicyclic) bond motifs is 1. The molecule has 0 spiro atoms. The Bertz CT molecular complexity index is 717. The summed E-state index contributed by atoms with van der Waals surface area (Å²) >= 11 is 1.76. The second-order valence-corrected chi connectivity index (χ2v) is 6.24. The van der Waals surface area contributed by atoms with Crippen molar-refractivity contribution in [3.8, 4) is 0 Å². The summed E-state index contributed by atoms with van der Waals surface area (Å²) in [5.41, 5.74) is 0.844. The fourth-order valence-corrected chi connectivity index (χ4v) is 3.28. The van der Waals surface area contributed by atoms with Crippen LogP contribution < -0.4 is 10.6 Å². The molecule has 110 valence electrons. The van der Waals surface area contributed by atoms with E-state index in [4.69, 9.17) is 0 Å². The van der Waals surface area contributed by atoms with E-state index in [2.05, 4.69) is 52.0 Å². The summed E-state index contributed by atoms with van der Waals surface area (Å²) in [4.78, 5) is 10.3. The van der Waals surface area contributed by atoms with Crippen LogP contribution in [0.3, 0.4) is 0 Å². The van der Waals surface area contributed by atoms with Gasteiger partial charge in [-0.15, -0.1) is 11.3 Å². The minimum absolute atomic E-state index is 0.227. The van der Waals surface area contributed by atoms with E-state index in [9.17, 15) is 0 Å². The molecule has 6 heteroatoms. The van der Waals surface area contributed by atoms with Crippen LogP contribution in [0.1, 0.15) is 24.8 Å². The van der Waals surface area contributed by atoms with Crippen LogP contribution in [0.25, 0.3) is 5.65 Å². The van der Waals surface area contributed by atoms with Crippen molar-refractivity contribution in [3.63, 3.8) is 0 Å². The van der Waals surface area contributed by atoms with Crippen LogP contribution in [-0.2, 0) is 0 Å². The maximum absolute atomic E-state index is 4.62. The first-order valence-corrected chi connectivity index (χ1v) is 7.88. The molecule has 0 aliphatic rings. The number of hydrogen-bond acceptors (Lipinski definition) is 5. The van der Waals surface area contributed by atoms with E-state index < -0.39 is 0 Å². The van der Waals surface area contributed by atoms with Gasteiger partial charge < -0.3 is 15.0 Å². The number of hydrogen-bond donors (Lipinski definition) is 2. The Morgan fingerprint density at radius 3 is 2.86 bits per heavy atom. The lowest BCUT2D eigenvalue weighted by molar-refractivity contribution is 0.552. The van der Waals surface area contributed by atoms with E-state index >= 15 is 0 Å². The third-order valence-corrected chi connectivity index (χ3v) is 4.39. The van der Waals surface area contributed by atoms with Gasteiger partial charge in [-0.3, -0.25) is 0 Å². The molecule has 3 aromatic rings. The Morgan fingerprint density at radius 1 is 1.33 bits per heavy atom. The molecule has 5 nitrogen and oxygen atoms in total. The first-order chi connectivity index (χ1) is 10.2. The minimum atomic E-state index is 0.227. The fourth-order valence-electron chi connectivity index (χ4n) is 2.33. The normalized spacial score (nSPS) is 12.8. The lowest BCUT2D eigenvalue weighted by Gasteiger charge is -2.22. The van der Waals surface area contributed by atoms with Crippen molar-refractivity contribution in [2.45, 2.75) is 19.9 Å². The lowest BCUT2D eigenvalue weighted by atomic mass is 10.0. The molecule has 3 aromatic heterocycles. The quantitative estimate of drug-likeness (QED) is 0.755. The van der Waals surface area contributed by atoms with Crippen molar-refractivity contribution in [1.29, 1.82) is 0 Å². The van der Waals surface area contributed by atoms with Gasteiger partial charge in [0.25, 0.3) is 0 Å². The third-order valence-electron chi connectivity index (χ3n) is 3.44. The molecule has 21 heavy (non-hydrogen) atoms. The van der Waals surface area contributed by atoms with Gasteiger partial charge in [-0.05, 0) is 17.4 Å². The lowest BCUT2D eigenvalue weighted by Crippen LogP contribution is -2.17. The molecule has 0 saturated heterocycles. The molecule has 0 bridgehead atoms. The molecule has 0 fully saturated rings. The number of rotatable bonds is 5. The summed E-state index contributed by atoms with van der Waals surface area (Å²) in [6.07, 6.45) is 5.65. The number of nitrogens with zero attached hydrogens (tertiary/aromatic N) is 3. The van der Waals surface area contributed by atoms with Gasteiger partial charge in [0.1, 0.15) is 5.82 Å². The predicted octanol–water partition coefficient (Wildman–Crippen LogP) is 3.64. The Kier molecular flexibility index (Phi) is 3.79. The van der Waals surface area contributed by atoms with Gasteiger partial charge in [0.2, 0.25) is 0 Å². The first kappa shape index (κ1) is 13.9. The first-order valence-electron chi connectivity index (χ1n) is 7.00. The van der Waals surface area contributed by atoms with Crippen LogP contribution in [0.5, 0.6) is 0 Å². The van der Waals surface area contributed by atoms with Crippen LogP contribution in [-0.4, -0.2) is 21.4 Å². The van der Waals surface area contributed by atoms with Crippen molar-refractivity contribution in [2.24, 2.45) is 5.92 Å². The smallest absolute Gasteiger partial charge is 0.180 e. The number of thiophene rings is 1. The van der Waals surface area contributed by atoms with Crippen LogP contribution in [0.15, 0.2) is 36.1 Å². The maximum atomic E-state index is 4.62. The van der Waals surface area contributed by atoms with Crippen LogP contribution in [0, 0.1) is 5.92 Å². The zero-order chi connectivity index (χ0) is 14.8. The van der Waals surface area contributed by atoms with Gasteiger partial charge in [-0.2, -0.15) is 0 Å². The molecular weight excluding hydrogens is 282 g/mol. The van der Waals surface area contributed by atoms with Gasteiger partial charge in [0.05, 0.1) is 12.2 Å². The molecular formula is C15H19N5S. The molecule has 0 amide bonds. The maximum Gasteiger partial charge on any atom is 0.180 e. The van der Waals surface area contributed by atoms with E-state index in [-0.39, 0.29) is 6.04 Å². The molecule has 2 N–H and O–H groups in total. The molecule has 1 unspecified atom stereocenters. The van der Waals surface area contributed by atoms with Crippen molar-refractivity contribution >= 4 is 28.6 Å². The molecule has 3 heterocycles. The van der Waals surface area contributed by atoms with Gasteiger partial charge in [0, 0.05) is 24.3 Å². The summed E-state index contributed by atoms with van der Waals surface area (Å²) in [5, 5.41) is 8.76. The third kappa shape index (κ3) is 2.71. The van der Waals surface area contributed by atoms with Crippen molar-refractivity contribution in [2.75, 3.05) is 17.7 Å². The largest absolute Gasteiger partial charge is 0.372 e. The Balaban J connectivity index is 2.01. The molecule has 3 rings (SSSR count). The van der Waals surface area contributed by atoms with Crippen molar-refractivity contribution in [1.82, 2.24) is 14.4 Å². The van der Waals surface area contributed by atoms with Gasteiger partial charge in [0.15, 0.2) is 11.5 Å². The minimum Gasteiger partial charge on any atom is -0.372 e. The second-order valence-electron chi connectivity index (χ2n) is 5.26. The summed E-state index contributed by atoms with van der Waals surface area (Å²) in [6, 6.07) is 4.47. The Hall–Kier alpha value is -2.08. The van der Waals surface area contributed by atoms with E-state index in [1.807, 2.05) is 23.8 Å². The zero-order valence-electron chi connectivity index (χ0n) is 12.4. The van der Waals surface area contributed by atoms with Crippen LogP contribution in [0.2, 0.25) is 0 Å². The van der Waals surface area contributed by atoms with Gasteiger partial charge in [-0.1, -0.05) is 19.9 Å². The number of anilines is 2. The second kappa shape index (κ2) is 5.73. The Labute approximate surface area is 128 Å². The molecule has 0 aromatic carbocycles.